The highest BCUT2D eigenvalue weighted by Gasteiger charge is 2.15. The fourth-order valence-electron chi connectivity index (χ4n) is 1.51. The van der Waals surface area contributed by atoms with Crippen LogP contribution in [0.4, 0.5) is 0 Å². The lowest BCUT2D eigenvalue weighted by Gasteiger charge is -2.07. The van der Waals surface area contributed by atoms with Crippen LogP contribution < -0.4 is 0 Å². The first-order valence-electron chi connectivity index (χ1n) is 5.79. The molecule has 0 fully saturated rings. The molecular formula is C12H19BrN2O2. The summed E-state index contributed by atoms with van der Waals surface area (Å²) >= 11 is 3.49. The summed E-state index contributed by atoms with van der Waals surface area (Å²) in [6, 6.07) is 0. The molecule has 0 aromatic carbocycles. The largest absolute Gasteiger partial charge is 0.371 e. The lowest BCUT2D eigenvalue weighted by molar-refractivity contribution is -0.124. The monoisotopic (exact) mass is 302 g/mol. The predicted molar refractivity (Wildman–Crippen MR) is 70.1 cm³/mol. The van der Waals surface area contributed by atoms with Crippen LogP contribution in [0.2, 0.25) is 0 Å². The van der Waals surface area contributed by atoms with Gasteiger partial charge in [-0.2, -0.15) is 5.10 Å². The molecule has 96 valence electrons. The van der Waals surface area contributed by atoms with Gasteiger partial charge in [0.1, 0.15) is 6.61 Å². The number of ketones is 1. The fraction of sp³-hybridized carbons (Fsp3) is 0.667. The molecule has 0 atom stereocenters. The van der Waals surface area contributed by atoms with Gasteiger partial charge in [-0.1, -0.05) is 6.92 Å². The summed E-state index contributed by atoms with van der Waals surface area (Å²) in [7, 11) is 1.86. The van der Waals surface area contributed by atoms with Crippen LogP contribution in [0.1, 0.15) is 32.2 Å². The number of carbonyl (C=O) groups is 1. The molecule has 0 aliphatic carbocycles. The Hall–Kier alpha value is -0.680. The molecule has 0 radical (unpaired) electrons. The summed E-state index contributed by atoms with van der Waals surface area (Å²) in [5.74, 6) is 0.0741. The van der Waals surface area contributed by atoms with E-state index in [1.807, 2.05) is 27.8 Å². The highest BCUT2D eigenvalue weighted by atomic mass is 79.9. The van der Waals surface area contributed by atoms with Gasteiger partial charge in [0, 0.05) is 7.05 Å². The summed E-state index contributed by atoms with van der Waals surface area (Å²) in [4.78, 5) is 11.7. The molecule has 5 heteroatoms. The van der Waals surface area contributed by atoms with Crippen molar-refractivity contribution in [2.45, 2.75) is 39.7 Å². The van der Waals surface area contributed by atoms with Gasteiger partial charge in [-0.05, 0) is 36.2 Å². The number of aromatic nitrogens is 2. The number of nitrogens with zero attached hydrogens (tertiary/aromatic N) is 2. The molecule has 0 saturated carbocycles. The first kappa shape index (κ1) is 14.4. The fourth-order valence-corrected chi connectivity index (χ4v) is 2.27. The third kappa shape index (κ3) is 3.92. The van der Waals surface area contributed by atoms with Gasteiger partial charge in [0.25, 0.3) is 0 Å². The number of ether oxygens (including phenoxy) is 1. The maximum absolute atomic E-state index is 11.7. The summed E-state index contributed by atoms with van der Waals surface area (Å²) < 4.78 is 8.00. The van der Waals surface area contributed by atoms with Gasteiger partial charge in [-0.15, -0.1) is 0 Å². The Labute approximate surface area is 110 Å². The standard InChI is InChI=1S/C12H19BrN2O2/c1-5-10-12(13)11(15(4)14-10)6-9(16)7-17-8(2)3/h8H,5-7H2,1-4H3. The smallest absolute Gasteiger partial charge is 0.164 e. The van der Waals surface area contributed by atoms with Gasteiger partial charge in [-0.25, -0.2) is 0 Å². The normalized spacial score (nSPS) is 11.2. The highest BCUT2D eigenvalue weighted by molar-refractivity contribution is 9.10. The molecule has 1 aromatic rings. The second kappa shape index (κ2) is 6.31. The number of Topliss-reactive ketones (excluding diaryl/α,β-unsaturated/α-hetero) is 1. The average molecular weight is 303 g/mol. The zero-order chi connectivity index (χ0) is 13.0. The van der Waals surface area contributed by atoms with E-state index in [0.717, 1.165) is 22.3 Å². The second-order valence-electron chi connectivity index (χ2n) is 4.26. The molecular weight excluding hydrogens is 284 g/mol. The topological polar surface area (TPSA) is 44.1 Å². The van der Waals surface area contributed by atoms with Crippen molar-refractivity contribution in [2.75, 3.05) is 6.61 Å². The van der Waals surface area contributed by atoms with E-state index in [4.69, 9.17) is 4.74 Å². The number of hydrogen-bond donors (Lipinski definition) is 0. The maximum Gasteiger partial charge on any atom is 0.164 e. The van der Waals surface area contributed by atoms with E-state index in [1.54, 1.807) is 4.68 Å². The van der Waals surface area contributed by atoms with E-state index in [-0.39, 0.29) is 18.5 Å². The van der Waals surface area contributed by atoms with E-state index >= 15 is 0 Å². The van der Waals surface area contributed by atoms with Crippen molar-refractivity contribution in [1.82, 2.24) is 9.78 Å². The van der Waals surface area contributed by atoms with Crippen molar-refractivity contribution in [1.29, 1.82) is 0 Å². The van der Waals surface area contributed by atoms with Crippen LogP contribution in [-0.2, 0) is 29.4 Å². The van der Waals surface area contributed by atoms with Crippen LogP contribution in [0.5, 0.6) is 0 Å². The van der Waals surface area contributed by atoms with Crippen molar-refractivity contribution in [3.05, 3.63) is 15.9 Å². The summed E-state index contributed by atoms with van der Waals surface area (Å²) in [5.41, 5.74) is 1.90. The molecule has 0 N–H and O–H groups in total. The molecule has 1 rings (SSSR count). The third-order valence-corrected chi connectivity index (χ3v) is 3.36. The lowest BCUT2D eigenvalue weighted by atomic mass is 10.2. The summed E-state index contributed by atoms with van der Waals surface area (Å²) in [6.07, 6.45) is 1.29. The van der Waals surface area contributed by atoms with Crippen molar-refractivity contribution in [3.63, 3.8) is 0 Å². The predicted octanol–water partition coefficient (Wildman–Crippen LogP) is 2.28. The lowest BCUT2D eigenvalue weighted by Crippen LogP contribution is -2.16. The van der Waals surface area contributed by atoms with Gasteiger partial charge < -0.3 is 4.74 Å². The molecule has 1 aromatic heterocycles. The number of carbonyl (C=O) groups excluding carboxylic acids is 1. The summed E-state index contributed by atoms with van der Waals surface area (Å²) in [6.45, 7) is 6.04. The molecule has 1 heterocycles. The van der Waals surface area contributed by atoms with Gasteiger partial charge >= 0.3 is 0 Å². The minimum Gasteiger partial charge on any atom is -0.371 e. The van der Waals surface area contributed by atoms with E-state index < -0.39 is 0 Å². The Kier molecular flexibility index (Phi) is 5.33. The molecule has 0 aliphatic heterocycles. The Bertz CT molecular complexity index is 399. The molecule has 0 spiro atoms. The van der Waals surface area contributed by atoms with Crippen LogP contribution in [0, 0.1) is 0 Å². The molecule has 17 heavy (non-hydrogen) atoms. The Morgan fingerprint density at radius 2 is 2.18 bits per heavy atom. The average Bonchev–Trinajstić information content (AvgIpc) is 2.53. The van der Waals surface area contributed by atoms with E-state index in [0.29, 0.717) is 6.42 Å². The molecule has 4 nitrogen and oxygen atoms in total. The molecule has 0 unspecified atom stereocenters. The maximum atomic E-state index is 11.7. The number of rotatable bonds is 6. The third-order valence-electron chi connectivity index (χ3n) is 2.45. The minimum absolute atomic E-state index is 0.0741. The number of aryl methyl sites for hydroxylation is 2. The first-order valence-corrected chi connectivity index (χ1v) is 6.58. The first-order chi connectivity index (χ1) is 7.95. The minimum atomic E-state index is 0.0741. The van der Waals surface area contributed by atoms with E-state index in [1.165, 1.54) is 0 Å². The number of hydrogen-bond acceptors (Lipinski definition) is 3. The van der Waals surface area contributed by atoms with Crippen LogP contribution in [-0.4, -0.2) is 28.3 Å². The number of halogens is 1. The van der Waals surface area contributed by atoms with Crippen molar-refractivity contribution < 1.29 is 9.53 Å². The SMILES string of the molecule is CCc1nn(C)c(CC(=O)COC(C)C)c1Br. The van der Waals surface area contributed by atoms with Crippen molar-refractivity contribution in [2.24, 2.45) is 7.05 Å². The van der Waals surface area contributed by atoms with E-state index in [2.05, 4.69) is 21.0 Å². The highest BCUT2D eigenvalue weighted by Crippen LogP contribution is 2.22. The van der Waals surface area contributed by atoms with Gasteiger partial charge in [-0.3, -0.25) is 9.48 Å². The second-order valence-corrected chi connectivity index (χ2v) is 5.05. The molecule has 0 saturated heterocycles. The molecule has 0 amide bonds. The van der Waals surface area contributed by atoms with Crippen molar-refractivity contribution >= 4 is 21.7 Å². The summed E-state index contributed by atoms with van der Waals surface area (Å²) in [5, 5.41) is 4.35. The quantitative estimate of drug-likeness (QED) is 0.810. The van der Waals surface area contributed by atoms with Gasteiger partial charge in [0.2, 0.25) is 0 Å². The Balaban J connectivity index is 2.68. The van der Waals surface area contributed by atoms with E-state index in [9.17, 15) is 4.79 Å². The van der Waals surface area contributed by atoms with Crippen LogP contribution >= 0.6 is 15.9 Å². The van der Waals surface area contributed by atoms with Crippen LogP contribution in [0.25, 0.3) is 0 Å². The van der Waals surface area contributed by atoms with Crippen molar-refractivity contribution in [3.8, 4) is 0 Å². The van der Waals surface area contributed by atoms with Crippen LogP contribution in [0.15, 0.2) is 4.47 Å². The van der Waals surface area contributed by atoms with Crippen LogP contribution in [0.3, 0.4) is 0 Å². The zero-order valence-corrected chi connectivity index (χ0v) is 12.4. The Morgan fingerprint density at radius 3 is 2.65 bits per heavy atom. The molecule has 0 bridgehead atoms. The Morgan fingerprint density at radius 1 is 1.53 bits per heavy atom. The molecule has 0 aliphatic rings. The van der Waals surface area contributed by atoms with Gasteiger partial charge in [0.05, 0.1) is 28.4 Å². The zero-order valence-electron chi connectivity index (χ0n) is 10.8. The van der Waals surface area contributed by atoms with Gasteiger partial charge in [0.15, 0.2) is 5.78 Å².